The standard InChI is InChI=1S/C15H20O5/c1-15(2)19-12-11(16)9-18-14(13(12)20-15)17-8-10-6-4-3-5-7-10/h3-7,11-14,16H,8-9H2,1-2H3/t11-,12+,13+,14+/m1/s1. The molecule has 2 aliphatic rings. The van der Waals surface area contributed by atoms with Gasteiger partial charge in [0.05, 0.1) is 13.2 Å². The second-order valence-corrected chi connectivity index (χ2v) is 5.63. The number of aliphatic hydroxyl groups is 1. The number of ether oxygens (including phenoxy) is 4. The normalized spacial score (nSPS) is 35.8. The van der Waals surface area contributed by atoms with E-state index in [0.29, 0.717) is 6.61 Å². The Labute approximate surface area is 118 Å². The molecule has 0 saturated carbocycles. The van der Waals surface area contributed by atoms with Gasteiger partial charge < -0.3 is 24.1 Å². The molecule has 0 radical (unpaired) electrons. The van der Waals surface area contributed by atoms with Gasteiger partial charge in [0.1, 0.15) is 18.3 Å². The van der Waals surface area contributed by atoms with Crippen LogP contribution in [0.4, 0.5) is 0 Å². The summed E-state index contributed by atoms with van der Waals surface area (Å²) < 4.78 is 22.8. The van der Waals surface area contributed by atoms with Gasteiger partial charge in [0, 0.05) is 0 Å². The molecule has 110 valence electrons. The lowest BCUT2D eigenvalue weighted by molar-refractivity contribution is -0.251. The summed E-state index contributed by atoms with van der Waals surface area (Å²) in [7, 11) is 0. The molecule has 20 heavy (non-hydrogen) atoms. The van der Waals surface area contributed by atoms with E-state index in [-0.39, 0.29) is 6.61 Å². The van der Waals surface area contributed by atoms with Crippen LogP contribution in [0.3, 0.4) is 0 Å². The van der Waals surface area contributed by atoms with E-state index < -0.39 is 30.4 Å². The molecule has 1 aromatic carbocycles. The minimum atomic E-state index is -0.724. The van der Waals surface area contributed by atoms with Gasteiger partial charge in [0.15, 0.2) is 12.1 Å². The second kappa shape index (κ2) is 5.42. The smallest absolute Gasteiger partial charge is 0.187 e. The number of benzene rings is 1. The first-order valence-corrected chi connectivity index (χ1v) is 6.86. The molecule has 0 aliphatic carbocycles. The number of hydrogen-bond acceptors (Lipinski definition) is 5. The molecule has 2 saturated heterocycles. The van der Waals surface area contributed by atoms with Crippen molar-refractivity contribution in [1.82, 2.24) is 0 Å². The Balaban J connectivity index is 1.65. The fraction of sp³-hybridized carbons (Fsp3) is 0.600. The quantitative estimate of drug-likeness (QED) is 0.908. The van der Waals surface area contributed by atoms with Crippen molar-refractivity contribution in [3.8, 4) is 0 Å². The summed E-state index contributed by atoms with van der Waals surface area (Å²) in [6.07, 6.45) is -2.01. The minimum absolute atomic E-state index is 0.195. The van der Waals surface area contributed by atoms with Crippen LogP contribution in [0.25, 0.3) is 0 Å². The van der Waals surface area contributed by atoms with Crippen LogP contribution in [-0.2, 0) is 25.6 Å². The summed E-state index contributed by atoms with van der Waals surface area (Å²) in [6.45, 7) is 4.28. The maximum atomic E-state index is 9.93. The van der Waals surface area contributed by atoms with Crippen molar-refractivity contribution in [3.63, 3.8) is 0 Å². The van der Waals surface area contributed by atoms with E-state index in [1.165, 1.54) is 0 Å². The fourth-order valence-corrected chi connectivity index (χ4v) is 2.60. The molecular weight excluding hydrogens is 260 g/mol. The maximum absolute atomic E-state index is 9.93. The summed E-state index contributed by atoms with van der Waals surface area (Å²) in [5, 5.41) is 9.93. The second-order valence-electron chi connectivity index (χ2n) is 5.63. The van der Waals surface area contributed by atoms with Gasteiger partial charge in [-0.1, -0.05) is 30.3 Å². The highest BCUT2D eigenvalue weighted by Gasteiger charge is 2.52. The van der Waals surface area contributed by atoms with E-state index in [4.69, 9.17) is 18.9 Å². The van der Waals surface area contributed by atoms with Crippen molar-refractivity contribution in [3.05, 3.63) is 35.9 Å². The van der Waals surface area contributed by atoms with Crippen LogP contribution in [0.1, 0.15) is 19.4 Å². The lowest BCUT2D eigenvalue weighted by Gasteiger charge is -2.34. The largest absolute Gasteiger partial charge is 0.388 e. The zero-order valence-corrected chi connectivity index (χ0v) is 11.7. The van der Waals surface area contributed by atoms with E-state index in [2.05, 4.69) is 0 Å². The molecule has 0 unspecified atom stereocenters. The highest BCUT2D eigenvalue weighted by atomic mass is 16.8. The molecule has 0 spiro atoms. The van der Waals surface area contributed by atoms with E-state index in [9.17, 15) is 5.11 Å². The average molecular weight is 280 g/mol. The number of fused-ring (bicyclic) bond motifs is 1. The Morgan fingerprint density at radius 3 is 2.65 bits per heavy atom. The van der Waals surface area contributed by atoms with Gasteiger partial charge in [-0.15, -0.1) is 0 Å². The van der Waals surface area contributed by atoms with Crippen LogP contribution < -0.4 is 0 Å². The Morgan fingerprint density at radius 2 is 1.90 bits per heavy atom. The van der Waals surface area contributed by atoms with E-state index in [0.717, 1.165) is 5.56 Å². The summed E-state index contributed by atoms with van der Waals surface area (Å²) in [5.74, 6) is -0.724. The molecule has 0 aromatic heterocycles. The van der Waals surface area contributed by atoms with Gasteiger partial charge in [0.2, 0.25) is 0 Å². The molecule has 2 aliphatic heterocycles. The van der Waals surface area contributed by atoms with Gasteiger partial charge in [-0.2, -0.15) is 0 Å². The van der Waals surface area contributed by atoms with Crippen molar-refractivity contribution in [2.24, 2.45) is 0 Å². The maximum Gasteiger partial charge on any atom is 0.187 e. The van der Waals surface area contributed by atoms with Gasteiger partial charge >= 0.3 is 0 Å². The first-order valence-electron chi connectivity index (χ1n) is 6.86. The van der Waals surface area contributed by atoms with Crippen molar-refractivity contribution in [2.45, 2.75) is 50.8 Å². The van der Waals surface area contributed by atoms with E-state index in [1.54, 1.807) is 0 Å². The molecule has 5 nitrogen and oxygen atoms in total. The zero-order valence-electron chi connectivity index (χ0n) is 11.7. The molecule has 1 N–H and O–H groups in total. The molecule has 0 amide bonds. The van der Waals surface area contributed by atoms with Gasteiger partial charge in [-0.05, 0) is 19.4 Å². The SMILES string of the molecule is CC1(C)O[C@@H]2[C@@H](OCc3ccccc3)OC[C@@H](O)[C@@H]2O1. The summed E-state index contributed by atoms with van der Waals surface area (Å²) >= 11 is 0. The van der Waals surface area contributed by atoms with E-state index >= 15 is 0 Å². The molecule has 4 atom stereocenters. The van der Waals surface area contributed by atoms with Crippen LogP contribution >= 0.6 is 0 Å². The van der Waals surface area contributed by atoms with Crippen molar-refractivity contribution in [1.29, 1.82) is 0 Å². The number of rotatable bonds is 3. The molecule has 2 heterocycles. The van der Waals surface area contributed by atoms with Crippen LogP contribution in [0.5, 0.6) is 0 Å². The fourth-order valence-electron chi connectivity index (χ4n) is 2.60. The number of hydrogen-bond donors (Lipinski definition) is 1. The summed E-state index contributed by atoms with van der Waals surface area (Å²) in [4.78, 5) is 0. The molecule has 5 heteroatoms. The third-order valence-corrected chi connectivity index (χ3v) is 3.50. The predicted octanol–water partition coefficient (Wildman–Crippen LogP) is 1.44. The van der Waals surface area contributed by atoms with Crippen LogP contribution in [0, 0.1) is 0 Å². The van der Waals surface area contributed by atoms with Crippen LogP contribution in [0.2, 0.25) is 0 Å². The highest BCUT2D eigenvalue weighted by Crippen LogP contribution is 2.35. The Kier molecular flexibility index (Phi) is 3.79. The third kappa shape index (κ3) is 2.87. The van der Waals surface area contributed by atoms with Crippen LogP contribution in [-0.4, -0.2) is 42.1 Å². The monoisotopic (exact) mass is 280 g/mol. The van der Waals surface area contributed by atoms with Gasteiger partial charge in [-0.3, -0.25) is 0 Å². The zero-order chi connectivity index (χ0) is 14.2. The molecule has 0 bridgehead atoms. The lowest BCUT2D eigenvalue weighted by atomic mass is 10.1. The summed E-state index contributed by atoms with van der Waals surface area (Å²) in [5.41, 5.74) is 1.07. The van der Waals surface area contributed by atoms with E-state index in [1.807, 2.05) is 44.2 Å². The Morgan fingerprint density at radius 1 is 1.20 bits per heavy atom. The molecule has 2 fully saturated rings. The molecule has 1 aromatic rings. The molecule has 3 rings (SSSR count). The van der Waals surface area contributed by atoms with Crippen LogP contribution in [0.15, 0.2) is 30.3 Å². The number of aliphatic hydroxyl groups excluding tert-OH is 1. The first-order chi connectivity index (χ1) is 9.55. The lowest BCUT2D eigenvalue weighted by Crippen LogP contribution is -2.52. The van der Waals surface area contributed by atoms with Crippen molar-refractivity contribution in [2.75, 3.05) is 6.61 Å². The Bertz CT molecular complexity index is 447. The third-order valence-electron chi connectivity index (χ3n) is 3.50. The summed E-state index contributed by atoms with van der Waals surface area (Å²) in [6, 6.07) is 9.87. The average Bonchev–Trinajstić information content (AvgIpc) is 2.76. The van der Waals surface area contributed by atoms with Crippen molar-refractivity contribution < 1.29 is 24.1 Å². The first kappa shape index (κ1) is 14.0. The topological polar surface area (TPSA) is 57.2 Å². The van der Waals surface area contributed by atoms with Crippen molar-refractivity contribution >= 4 is 0 Å². The van der Waals surface area contributed by atoms with Gasteiger partial charge in [0.25, 0.3) is 0 Å². The highest BCUT2D eigenvalue weighted by molar-refractivity contribution is 5.13. The Hall–Kier alpha value is -0.980. The minimum Gasteiger partial charge on any atom is -0.388 e. The van der Waals surface area contributed by atoms with Gasteiger partial charge in [-0.25, -0.2) is 0 Å². The predicted molar refractivity (Wildman–Crippen MR) is 70.8 cm³/mol. The molecular formula is C15H20O5.